The van der Waals surface area contributed by atoms with Gasteiger partial charge < -0.3 is 0 Å². The molecule has 0 bridgehead atoms. The van der Waals surface area contributed by atoms with Crippen molar-refractivity contribution >= 4 is 33.2 Å². The molecule has 0 aliphatic rings. The first kappa shape index (κ1) is 16.2. The number of aryl methyl sites for hydroxylation is 1. The zero-order valence-corrected chi connectivity index (χ0v) is 13.4. The second-order valence-corrected chi connectivity index (χ2v) is 7.22. The molecule has 0 unspecified atom stereocenters. The van der Waals surface area contributed by atoms with Crippen LogP contribution in [0.25, 0.3) is 0 Å². The van der Waals surface area contributed by atoms with Gasteiger partial charge in [-0.15, -0.1) is 0 Å². The highest BCUT2D eigenvalue weighted by Gasteiger charge is 2.12. The molecule has 0 spiro atoms. The normalized spacial score (nSPS) is 11.5. The molecule has 112 valence electrons. The summed E-state index contributed by atoms with van der Waals surface area (Å²) < 4.78 is 26.4. The molecule has 2 aromatic rings. The van der Waals surface area contributed by atoms with E-state index in [9.17, 15) is 8.42 Å². The maximum absolute atomic E-state index is 11.9. The Balaban J connectivity index is 1.92. The molecule has 1 aromatic carbocycles. The highest BCUT2D eigenvalue weighted by atomic mass is 35.5. The average Bonchev–Trinajstić information content (AvgIpc) is 2.45. The molecular weight excluding hydrogens is 331 g/mol. The first-order valence-corrected chi connectivity index (χ1v) is 8.68. The number of aromatic nitrogens is 1. The van der Waals surface area contributed by atoms with Gasteiger partial charge in [0, 0.05) is 34.9 Å². The fourth-order valence-corrected chi connectivity index (χ4v) is 3.18. The minimum absolute atomic E-state index is 0.0186. The predicted octanol–water partition coefficient (Wildman–Crippen LogP) is 3.05. The molecule has 0 fully saturated rings. The third kappa shape index (κ3) is 5.28. The Labute approximate surface area is 134 Å². The number of nitrogens with one attached hydrogen (secondary N) is 1. The summed E-state index contributed by atoms with van der Waals surface area (Å²) in [4.78, 5) is 4.10. The first-order valence-electron chi connectivity index (χ1n) is 6.27. The largest absolute Gasteiger partial charge is 0.261 e. The number of halogens is 2. The van der Waals surface area contributed by atoms with E-state index >= 15 is 0 Å². The number of rotatable bonds is 6. The van der Waals surface area contributed by atoms with Crippen molar-refractivity contribution in [3.8, 4) is 0 Å². The van der Waals surface area contributed by atoms with E-state index in [4.69, 9.17) is 23.2 Å². The van der Waals surface area contributed by atoms with Crippen LogP contribution in [0.4, 0.5) is 0 Å². The summed E-state index contributed by atoms with van der Waals surface area (Å²) in [5, 5.41) is 0.955. The van der Waals surface area contributed by atoms with Crippen LogP contribution in [-0.2, 0) is 23.0 Å². The van der Waals surface area contributed by atoms with Crippen molar-refractivity contribution in [1.29, 1.82) is 0 Å². The zero-order chi connectivity index (χ0) is 15.3. The van der Waals surface area contributed by atoms with E-state index in [1.165, 1.54) is 0 Å². The minimum atomic E-state index is -3.39. The lowest BCUT2D eigenvalue weighted by atomic mass is 10.2. The van der Waals surface area contributed by atoms with Crippen molar-refractivity contribution in [2.75, 3.05) is 5.75 Å². The van der Waals surface area contributed by atoms with Gasteiger partial charge >= 0.3 is 0 Å². The molecule has 0 atom stereocenters. The van der Waals surface area contributed by atoms with Gasteiger partial charge in [0.1, 0.15) is 0 Å². The second kappa shape index (κ2) is 7.22. The number of nitrogens with zero attached hydrogens (tertiary/aromatic N) is 1. The highest BCUT2D eigenvalue weighted by molar-refractivity contribution is 7.89. The molecule has 0 aliphatic carbocycles. The number of benzene rings is 1. The van der Waals surface area contributed by atoms with Crippen molar-refractivity contribution in [2.45, 2.75) is 13.0 Å². The molecule has 0 saturated carbocycles. The molecular formula is C14H14Cl2N2O2S. The SMILES string of the molecule is O=S(=O)(CCc1ccccn1)NCc1ccc(Cl)cc1Cl. The lowest BCUT2D eigenvalue weighted by Gasteiger charge is -2.08. The molecule has 4 nitrogen and oxygen atoms in total. The van der Waals surface area contributed by atoms with Crippen LogP contribution in [0.1, 0.15) is 11.3 Å². The molecule has 1 N–H and O–H groups in total. The van der Waals surface area contributed by atoms with Crippen LogP contribution >= 0.6 is 23.2 Å². The van der Waals surface area contributed by atoms with E-state index in [-0.39, 0.29) is 12.3 Å². The van der Waals surface area contributed by atoms with Gasteiger partial charge in [0.25, 0.3) is 0 Å². The Morgan fingerprint density at radius 1 is 1.14 bits per heavy atom. The average molecular weight is 345 g/mol. The van der Waals surface area contributed by atoms with Gasteiger partial charge in [-0.05, 0) is 29.8 Å². The Kier molecular flexibility index (Phi) is 5.58. The third-order valence-electron chi connectivity index (χ3n) is 2.85. The van der Waals surface area contributed by atoms with Crippen LogP contribution in [0.15, 0.2) is 42.6 Å². The summed E-state index contributed by atoms with van der Waals surface area (Å²) in [6.45, 7) is 0.139. The Hall–Kier alpha value is -1.14. The van der Waals surface area contributed by atoms with Crippen molar-refractivity contribution in [1.82, 2.24) is 9.71 Å². The second-order valence-electron chi connectivity index (χ2n) is 4.45. The molecule has 2 rings (SSSR count). The maximum Gasteiger partial charge on any atom is 0.212 e. The summed E-state index contributed by atoms with van der Waals surface area (Å²) >= 11 is 11.8. The number of sulfonamides is 1. The van der Waals surface area contributed by atoms with Crippen molar-refractivity contribution in [3.05, 3.63) is 63.9 Å². The van der Waals surface area contributed by atoms with E-state index in [1.807, 2.05) is 6.07 Å². The fourth-order valence-electron chi connectivity index (χ4n) is 1.71. The van der Waals surface area contributed by atoms with Gasteiger partial charge in [-0.1, -0.05) is 35.3 Å². The molecule has 21 heavy (non-hydrogen) atoms. The van der Waals surface area contributed by atoms with E-state index in [2.05, 4.69) is 9.71 Å². The predicted molar refractivity (Wildman–Crippen MR) is 85.0 cm³/mol. The van der Waals surface area contributed by atoms with Crippen LogP contribution in [0.5, 0.6) is 0 Å². The van der Waals surface area contributed by atoms with Gasteiger partial charge in [0.05, 0.1) is 5.75 Å². The van der Waals surface area contributed by atoms with Gasteiger partial charge in [0.15, 0.2) is 0 Å². The monoisotopic (exact) mass is 344 g/mol. The summed E-state index contributed by atoms with van der Waals surface area (Å²) in [5.41, 5.74) is 1.43. The summed E-state index contributed by atoms with van der Waals surface area (Å²) in [5.74, 6) is -0.0186. The third-order valence-corrected chi connectivity index (χ3v) is 4.76. The van der Waals surface area contributed by atoms with E-state index in [0.717, 1.165) is 5.69 Å². The molecule has 1 heterocycles. The van der Waals surface area contributed by atoms with Crippen molar-refractivity contribution < 1.29 is 8.42 Å². The molecule has 0 aliphatic heterocycles. The zero-order valence-electron chi connectivity index (χ0n) is 11.1. The van der Waals surface area contributed by atoms with Crippen LogP contribution in [-0.4, -0.2) is 19.2 Å². The Bertz CT molecular complexity index is 706. The smallest absolute Gasteiger partial charge is 0.212 e. The fraction of sp³-hybridized carbons (Fsp3) is 0.214. The molecule has 7 heteroatoms. The van der Waals surface area contributed by atoms with Crippen LogP contribution < -0.4 is 4.72 Å². The van der Waals surface area contributed by atoms with Crippen LogP contribution in [0, 0.1) is 0 Å². The first-order chi connectivity index (χ1) is 9.96. The summed E-state index contributed by atoms with van der Waals surface area (Å²) in [6, 6.07) is 10.4. The van der Waals surface area contributed by atoms with E-state index < -0.39 is 10.0 Å². The number of hydrogen-bond donors (Lipinski definition) is 1. The lowest BCUT2D eigenvalue weighted by Crippen LogP contribution is -2.27. The molecule has 1 aromatic heterocycles. The van der Waals surface area contributed by atoms with E-state index in [1.54, 1.807) is 36.5 Å². The number of pyridine rings is 1. The molecule has 0 radical (unpaired) electrons. The van der Waals surface area contributed by atoms with Crippen LogP contribution in [0.3, 0.4) is 0 Å². The summed E-state index contributed by atoms with van der Waals surface area (Å²) in [7, 11) is -3.39. The maximum atomic E-state index is 11.9. The lowest BCUT2D eigenvalue weighted by molar-refractivity contribution is 0.580. The standard InChI is InChI=1S/C14H14Cl2N2O2S/c15-12-5-4-11(14(16)9-12)10-18-21(19,20)8-6-13-3-1-2-7-17-13/h1-5,7,9,18H,6,8,10H2. The molecule has 0 amide bonds. The van der Waals surface area contributed by atoms with Crippen molar-refractivity contribution in [2.24, 2.45) is 0 Å². The Morgan fingerprint density at radius 2 is 1.95 bits per heavy atom. The number of hydrogen-bond acceptors (Lipinski definition) is 3. The van der Waals surface area contributed by atoms with E-state index in [0.29, 0.717) is 22.0 Å². The quantitative estimate of drug-likeness (QED) is 0.875. The van der Waals surface area contributed by atoms with Gasteiger partial charge in [0.2, 0.25) is 10.0 Å². The summed E-state index contributed by atoms with van der Waals surface area (Å²) in [6.07, 6.45) is 2.01. The molecule has 0 saturated heterocycles. The topological polar surface area (TPSA) is 59.1 Å². The highest BCUT2D eigenvalue weighted by Crippen LogP contribution is 2.20. The minimum Gasteiger partial charge on any atom is -0.261 e. The van der Waals surface area contributed by atoms with Gasteiger partial charge in [-0.3, -0.25) is 4.98 Å². The van der Waals surface area contributed by atoms with Crippen molar-refractivity contribution in [3.63, 3.8) is 0 Å². The Morgan fingerprint density at radius 3 is 2.62 bits per heavy atom. The van der Waals surface area contributed by atoms with Crippen LogP contribution in [0.2, 0.25) is 10.0 Å². The van der Waals surface area contributed by atoms with Gasteiger partial charge in [-0.2, -0.15) is 0 Å². The van der Waals surface area contributed by atoms with Gasteiger partial charge in [-0.25, -0.2) is 13.1 Å².